The zero-order valence-corrected chi connectivity index (χ0v) is 15.2. The van der Waals surface area contributed by atoms with E-state index in [1.165, 1.54) is 31.2 Å². The topological polar surface area (TPSA) is 67.6 Å². The molecular weight excluding hydrogens is 314 g/mol. The Morgan fingerprint density at radius 3 is 2.80 bits per heavy atom. The average molecular weight is 345 g/mol. The lowest BCUT2D eigenvalue weighted by Gasteiger charge is -2.31. The first-order valence-corrected chi connectivity index (χ1v) is 9.61. The fourth-order valence-corrected chi connectivity index (χ4v) is 3.97. The molecule has 0 bridgehead atoms. The van der Waals surface area contributed by atoms with E-state index in [-0.39, 0.29) is 6.03 Å². The molecule has 2 unspecified atom stereocenters. The average Bonchev–Trinajstić information content (AvgIpc) is 2.61. The lowest BCUT2D eigenvalue weighted by Crippen LogP contribution is -2.44. The van der Waals surface area contributed by atoms with Crippen LogP contribution in [0.4, 0.5) is 10.5 Å². The van der Waals surface area contributed by atoms with Gasteiger partial charge < -0.3 is 20.7 Å². The predicted molar refractivity (Wildman–Crippen MR) is 100 cm³/mol. The van der Waals surface area contributed by atoms with Gasteiger partial charge in [0, 0.05) is 24.8 Å². The minimum Gasteiger partial charge on any atom is -0.382 e. The van der Waals surface area contributed by atoms with Gasteiger partial charge in [-0.15, -0.1) is 0 Å². The molecule has 2 aliphatic rings. The van der Waals surface area contributed by atoms with Crippen molar-refractivity contribution < 1.29 is 9.53 Å². The van der Waals surface area contributed by atoms with E-state index in [0.717, 1.165) is 37.5 Å². The first kappa shape index (κ1) is 18.1. The number of hydrogen-bond donors (Lipinski definition) is 2. The summed E-state index contributed by atoms with van der Waals surface area (Å²) < 4.78 is 6.14. The molecule has 0 aromatic heterocycles. The molecular formula is C20H31N3O2. The largest absolute Gasteiger partial charge is 0.382 e. The van der Waals surface area contributed by atoms with Crippen molar-refractivity contribution in [3.63, 3.8) is 0 Å². The molecule has 3 N–H and O–H groups in total. The number of benzene rings is 1. The smallest absolute Gasteiger partial charge is 0.314 e. The van der Waals surface area contributed by atoms with E-state index in [0.29, 0.717) is 18.8 Å². The lowest BCUT2D eigenvalue weighted by atomic mass is 9.89. The van der Waals surface area contributed by atoms with Crippen molar-refractivity contribution in [1.29, 1.82) is 0 Å². The molecule has 5 nitrogen and oxygen atoms in total. The molecule has 0 radical (unpaired) electrons. The summed E-state index contributed by atoms with van der Waals surface area (Å²) in [6.07, 6.45) is 7.30. The first-order chi connectivity index (χ1) is 12.1. The van der Waals surface area contributed by atoms with Crippen LogP contribution < -0.4 is 11.1 Å². The summed E-state index contributed by atoms with van der Waals surface area (Å²) in [7, 11) is 0. The number of anilines is 1. The van der Waals surface area contributed by atoms with Crippen molar-refractivity contribution in [3.05, 3.63) is 29.8 Å². The molecule has 2 amide bonds. The maximum atomic E-state index is 11.2. The normalized spacial score (nSPS) is 24.9. The molecule has 1 aliphatic heterocycles. The number of rotatable bonds is 5. The molecule has 1 saturated carbocycles. The third kappa shape index (κ3) is 5.36. The van der Waals surface area contributed by atoms with Crippen LogP contribution in [0.2, 0.25) is 0 Å². The van der Waals surface area contributed by atoms with E-state index in [9.17, 15) is 4.79 Å². The van der Waals surface area contributed by atoms with Crippen LogP contribution in [0.3, 0.4) is 0 Å². The monoisotopic (exact) mass is 345 g/mol. The second-order valence-corrected chi connectivity index (χ2v) is 7.65. The minimum atomic E-state index is -0.311. The number of hydrogen-bond acceptors (Lipinski definition) is 3. The number of piperidine rings is 1. The number of nitrogens with two attached hydrogens (primary N) is 1. The Kier molecular flexibility index (Phi) is 6.19. The highest BCUT2D eigenvalue weighted by atomic mass is 16.5. The van der Waals surface area contributed by atoms with Crippen LogP contribution in [0.5, 0.6) is 0 Å². The van der Waals surface area contributed by atoms with Crippen LogP contribution in [0.25, 0.3) is 0 Å². The van der Waals surface area contributed by atoms with Gasteiger partial charge in [0.1, 0.15) is 0 Å². The molecule has 2 atom stereocenters. The number of primary amides is 1. The van der Waals surface area contributed by atoms with Gasteiger partial charge in [0.25, 0.3) is 0 Å². The molecule has 138 valence electrons. The van der Waals surface area contributed by atoms with E-state index in [2.05, 4.69) is 36.5 Å². The zero-order chi connectivity index (χ0) is 17.6. The van der Waals surface area contributed by atoms with Crippen molar-refractivity contribution in [3.8, 4) is 0 Å². The van der Waals surface area contributed by atoms with Gasteiger partial charge in [-0.05, 0) is 49.3 Å². The Hall–Kier alpha value is -1.75. The number of carbonyl (C=O) groups is 1. The van der Waals surface area contributed by atoms with Gasteiger partial charge in [-0.25, -0.2) is 4.79 Å². The summed E-state index contributed by atoms with van der Waals surface area (Å²) in [4.78, 5) is 12.9. The molecule has 1 aliphatic carbocycles. The number of amides is 2. The Balaban J connectivity index is 1.47. The van der Waals surface area contributed by atoms with Gasteiger partial charge in [0.15, 0.2) is 0 Å². The van der Waals surface area contributed by atoms with Gasteiger partial charge in [-0.1, -0.05) is 31.9 Å². The summed E-state index contributed by atoms with van der Waals surface area (Å²) in [6, 6.07) is 8.59. The highest BCUT2D eigenvalue weighted by Crippen LogP contribution is 2.26. The Labute approximate surface area is 150 Å². The fraction of sp³-hybridized carbons (Fsp3) is 0.650. The molecule has 1 aromatic carbocycles. The number of nitrogens with one attached hydrogen (secondary N) is 1. The lowest BCUT2D eigenvalue weighted by molar-refractivity contribution is 0.00468. The molecule has 1 heterocycles. The van der Waals surface area contributed by atoms with E-state index < -0.39 is 0 Å². The molecule has 1 aromatic rings. The highest BCUT2D eigenvalue weighted by molar-refractivity contribution is 5.72. The van der Waals surface area contributed by atoms with E-state index in [1.54, 1.807) is 4.90 Å². The third-order valence-corrected chi connectivity index (χ3v) is 5.48. The first-order valence-electron chi connectivity index (χ1n) is 9.61. The van der Waals surface area contributed by atoms with Gasteiger partial charge in [0.05, 0.1) is 12.7 Å². The molecule has 2 fully saturated rings. The Morgan fingerprint density at radius 2 is 2.08 bits per heavy atom. The van der Waals surface area contributed by atoms with Crippen LogP contribution in [0.1, 0.15) is 51.0 Å². The second-order valence-electron chi connectivity index (χ2n) is 7.65. The fourth-order valence-electron chi connectivity index (χ4n) is 3.97. The van der Waals surface area contributed by atoms with Crippen molar-refractivity contribution in [2.24, 2.45) is 11.7 Å². The standard InChI is InChI=1S/C20H31N3O2/c1-15-4-2-7-19(12-15)25-14-16-5-3-6-18(13-16)22-17-8-10-23(11-9-17)20(21)24/h3,5-6,13,15,17,19,22H,2,4,7-12,14H2,1H3,(H2,21,24). The molecule has 3 rings (SSSR count). The minimum absolute atomic E-state index is 0.311. The highest BCUT2D eigenvalue weighted by Gasteiger charge is 2.21. The van der Waals surface area contributed by atoms with Crippen molar-refractivity contribution in [2.75, 3.05) is 18.4 Å². The van der Waals surface area contributed by atoms with E-state index >= 15 is 0 Å². The maximum Gasteiger partial charge on any atom is 0.314 e. The number of likely N-dealkylation sites (tertiary alicyclic amines) is 1. The zero-order valence-electron chi connectivity index (χ0n) is 15.2. The molecule has 25 heavy (non-hydrogen) atoms. The number of ether oxygens (including phenoxy) is 1. The number of carbonyl (C=O) groups excluding carboxylic acids is 1. The van der Waals surface area contributed by atoms with Crippen molar-refractivity contribution >= 4 is 11.7 Å². The number of nitrogens with zero attached hydrogens (tertiary/aromatic N) is 1. The Morgan fingerprint density at radius 1 is 1.28 bits per heavy atom. The second kappa shape index (κ2) is 8.56. The quantitative estimate of drug-likeness (QED) is 0.854. The van der Waals surface area contributed by atoms with Gasteiger partial charge in [-0.2, -0.15) is 0 Å². The van der Waals surface area contributed by atoms with Crippen molar-refractivity contribution in [1.82, 2.24) is 4.90 Å². The van der Waals surface area contributed by atoms with Gasteiger partial charge in [-0.3, -0.25) is 0 Å². The predicted octanol–water partition coefficient (Wildman–Crippen LogP) is 3.74. The number of urea groups is 1. The Bertz CT molecular complexity index is 570. The van der Waals surface area contributed by atoms with Gasteiger partial charge >= 0.3 is 6.03 Å². The van der Waals surface area contributed by atoms with Crippen molar-refractivity contribution in [2.45, 2.75) is 64.2 Å². The molecule has 0 spiro atoms. The summed E-state index contributed by atoms with van der Waals surface area (Å²) in [6.45, 7) is 4.47. The van der Waals surface area contributed by atoms with E-state index in [4.69, 9.17) is 10.5 Å². The summed E-state index contributed by atoms with van der Waals surface area (Å²) in [5.41, 5.74) is 7.70. The van der Waals surface area contributed by atoms with Crippen LogP contribution in [0, 0.1) is 5.92 Å². The summed E-state index contributed by atoms with van der Waals surface area (Å²) in [5, 5.41) is 3.59. The third-order valence-electron chi connectivity index (χ3n) is 5.48. The van der Waals surface area contributed by atoms with Crippen LogP contribution in [0.15, 0.2) is 24.3 Å². The van der Waals surface area contributed by atoms with Gasteiger partial charge in [0.2, 0.25) is 0 Å². The SMILES string of the molecule is CC1CCCC(OCc2cccc(NC3CCN(C(N)=O)CC3)c2)C1. The van der Waals surface area contributed by atoms with Crippen LogP contribution in [-0.2, 0) is 11.3 Å². The summed E-state index contributed by atoms with van der Waals surface area (Å²) in [5.74, 6) is 0.790. The summed E-state index contributed by atoms with van der Waals surface area (Å²) >= 11 is 0. The molecule has 1 saturated heterocycles. The van der Waals surface area contributed by atoms with E-state index in [1.807, 2.05) is 0 Å². The maximum absolute atomic E-state index is 11.2. The molecule has 5 heteroatoms. The van der Waals surface area contributed by atoms with Crippen LogP contribution in [-0.4, -0.2) is 36.2 Å². The van der Waals surface area contributed by atoms with Crippen LogP contribution >= 0.6 is 0 Å².